The van der Waals surface area contributed by atoms with E-state index in [-0.39, 0.29) is 11.2 Å². The van der Waals surface area contributed by atoms with Crippen molar-refractivity contribution in [3.63, 3.8) is 0 Å². The molecule has 0 fully saturated rings. The molecule has 0 aromatic carbocycles. The Labute approximate surface area is 118 Å². The summed E-state index contributed by atoms with van der Waals surface area (Å²) in [6, 6.07) is 0. The molecule has 0 saturated carbocycles. The van der Waals surface area contributed by atoms with Gasteiger partial charge in [-0.3, -0.25) is 0 Å². The van der Waals surface area contributed by atoms with Crippen molar-refractivity contribution in [1.29, 1.82) is 0 Å². The van der Waals surface area contributed by atoms with Gasteiger partial charge < -0.3 is 0 Å². The third-order valence-electron chi connectivity index (χ3n) is 4.45. The van der Waals surface area contributed by atoms with E-state index in [1.807, 2.05) is 0 Å². The molecule has 0 radical (unpaired) electrons. The Bertz CT molecular complexity index is 258. The van der Waals surface area contributed by atoms with Crippen molar-refractivity contribution in [3.8, 4) is 0 Å². The van der Waals surface area contributed by atoms with Crippen molar-refractivity contribution in [2.24, 2.45) is 5.41 Å². The van der Waals surface area contributed by atoms with Gasteiger partial charge in [0.05, 0.1) is 5.83 Å². The lowest BCUT2D eigenvalue weighted by Crippen LogP contribution is -2.27. The van der Waals surface area contributed by atoms with Crippen molar-refractivity contribution >= 4 is 0 Å². The van der Waals surface area contributed by atoms with Crippen LogP contribution in [0.5, 0.6) is 0 Å². The zero-order chi connectivity index (χ0) is 14.9. The molecule has 0 heterocycles. The minimum Gasteiger partial charge on any atom is -0.243 e. The fourth-order valence-electron chi connectivity index (χ4n) is 3.25. The number of alkyl halides is 1. The lowest BCUT2D eigenvalue weighted by atomic mass is 9.70. The van der Waals surface area contributed by atoms with E-state index in [4.69, 9.17) is 0 Å². The van der Waals surface area contributed by atoms with Crippen LogP contribution in [0.4, 0.5) is 8.78 Å². The monoisotopic (exact) mass is 274 g/mol. The molecule has 1 atom stereocenters. The van der Waals surface area contributed by atoms with Crippen LogP contribution in [0, 0.1) is 5.41 Å². The van der Waals surface area contributed by atoms with Gasteiger partial charge in [0.1, 0.15) is 6.17 Å². The number of rotatable bonds is 10. The summed E-state index contributed by atoms with van der Waals surface area (Å²) in [5, 5.41) is 0. The molecular formula is C17H32F2. The quantitative estimate of drug-likeness (QED) is 0.386. The van der Waals surface area contributed by atoms with E-state index in [0.717, 1.165) is 25.7 Å². The van der Waals surface area contributed by atoms with Crippen LogP contribution in [0.2, 0.25) is 0 Å². The SMILES string of the molecule is CCCCCCCC(CC)(CC)C(=C(C)F)C(C)F. The first-order valence-electron chi connectivity index (χ1n) is 7.96. The fraction of sp³-hybridized carbons (Fsp3) is 0.882. The second-order valence-corrected chi connectivity index (χ2v) is 5.71. The van der Waals surface area contributed by atoms with E-state index in [2.05, 4.69) is 20.8 Å². The second-order valence-electron chi connectivity index (χ2n) is 5.71. The standard InChI is InChI=1S/C17H32F2/c1-6-9-10-11-12-13-17(7-2,8-3)16(14(4)18)15(5)19/h14H,6-13H2,1-5H3. The Balaban J connectivity index is 4.79. The van der Waals surface area contributed by atoms with Gasteiger partial charge in [-0.2, -0.15) is 0 Å². The molecule has 0 amide bonds. The van der Waals surface area contributed by atoms with Crippen LogP contribution in [0.1, 0.15) is 86.0 Å². The Kier molecular flexibility index (Phi) is 9.30. The van der Waals surface area contributed by atoms with E-state index in [1.54, 1.807) is 0 Å². The van der Waals surface area contributed by atoms with Crippen LogP contribution in [0.25, 0.3) is 0 Å². The van der Waals surface area contributed by atoms with Crippen molar-refractivity contribution in [3.05, 3.63) is 11.4 Å². The van der Waals surface area contributed by atoms with Gasteiger partial charge in [0.15, 0.2) is 0 Å². The van der Waals surface area contributed by atoms with E-state index in [9.17, 15) is 8.78 Å². The fourth-order valence-corrected chi connectivity index (χ4v) is 3.25. The van der Waals surface area contributed by atoms with Gasteiger partial charge in [-0.1, -0.05) is 52.9 Å². The molecule has 2 heteroatoms. The number of allylic oxidation sites excluding steroid dienone is 2. The van der Waals surface area contributed by atoms with E-state index < -0.39 is 6.17 Å². The van der Waals surface area contributed by atoms with E-state index >= 15 is 0 Å². The van der Waals surface area contributed by atoms with Gasteiger partial charge in [-0.05, 0) is 38.5 Å². The molecule has 0 aliphatic carbocycles. The highest BCUT2D eigenvalue weighted by Crippen LogP contribution is 2.44. The first-order valence-corrected chi connectivity index (χ1v) is 7.96. The molecule has 0 spiro atoms. The summed E-state index contributed by atoms with van der Waals surface area (Å²) in [6.45, 7) is 9.18. The Morgan fingerprint density at radius 1 is 1.00 bits per heavy atom. The Morgan fingerprint density at radius 3 is 1.89 bits per heavy atom. The molecule has 0 aromatic heterocycles. The molecule has 0 saturated heterocycles. The van der Waals surface area contributed by atoms with Crippen LogP contribution < -0.4 is 0 Å². The lowest BCUT2D eigenvalue weighted by molar-refractivity contribution is 0.229. The van der Waals surface area contributed by atoms with Crippen LogP contribution in [-0.4, -0.2) is 6.17 Å². The normalized spacial score (nSPS) is 15.3. The number of hydrogen-bond acceptors (Lipinski definition) is 0. The zero-order valence-corrected chi connectivity index (χ0v) is 13.5. The Morgan fingerprint density at radius 2 is 1.53 bits per heavy atom. The van der Waals surface area contributed by atoms with Gasteiger partial charge in [0, 0.05) is 5.57 Å². The summed E-state index contributed by atoms with van der Waals surface area (Å²) in [5.74, 6) is -0.313. The maximum atomic E-state index is 13.8. The maximum absolute atomic E-state index is 13.8. The molecule has 0 aliphatic rings. The average molecular weight is 274 g/mol. The predicted octanol–water partition coefficient (Wildman–Crippen LogP) is 6.75. The van der Waals surface area contributed by atoms with Crippen molar-refractivity contribution in [2.45, 2.75) is 92.2 Å². The molecule has 0 bridgehead atoms. The summed E-state index contributed by atoms with van der Waals surface area (Å²) >= 11 is 0. The summed E-state index contributed by atoms with van der Waals surface area (Å²) in [7, 11) is 0. The highest BCUT2D eigenvalue weighted by Gasteiger charge is 2.35. The van der Waals surface area contributed by atoms with Crippen molar-refractivity contribution < 1.29 is 8.78 Å². The highest BCUT2D eigenvalue weighted by atomic mass is 19.1. The molecule has 0 aliphatic heterocycles. The molecule has 0 nitrogen and oxygen atoms in total. The van der Waals surface area contributed by atoms with Crippen molar-refractivity contribution in [2.75, 3.05) is 0 Å². The highest BCUT2D eigenvalue weighted by molar-refractivity contribution is 5.21. The third-order valence-corrected chi connectivity index (χ3v) is 4.45. The predicted molar refractivity (Wildman–Crippen MR) is 80.8 cm³/mol. The van der Waals surface area contributed by atoms with Gasteiger partial charge in [0.25, 0.3) is 0 Å². The van der Waals surface area contributed by atoms with Crippen LogP contribution in [-0.2, 0) is 0 Å². The molecule has 114 valence electrons. The summed E-state index contributed by atoms with van der Waals surface area (Å²) in [5.41, 5.74) is 0.132. The van der Waals surface area contributed by atoms with E-state index in [0.29, 0.717) is 5.57 Å². The molecular weight excluding hydrogens is 242 g/mol. The number of halogens is 2. The van der Waals surface area contributed by atoms with Crippen LogP contribution in [0.3, 0.4) is 0 Å². The topological polar surface area (TPSA) is 0 Å². The van der Waals surface area contributed by atoms with E-state index in [1.165, 1.54) is 39.5 Å². The van der Waals surface area contributed by atoms with Crippen molar-refractivity contribution in [1.82, 2.24) is 0 Å². The number of unbranched alkanes of at least 4 members (excludes halogenated alkanes) is 4. The van der Waals surface area contributed by atoms with Gasteiger partial charge >= 0.3 is 0 Å². The Hall–Kier alpha value is -0.400. The van der Waals surface area contributed by atoms with Gasteiger partial charge in [0.2, 0.25) is 0 Å². The average Bonchev–Trinajstić information content (AvgIpc) is 2.36. The molecule has 1 unspecified atom stereocenters. The minimum atomic E-state index is -1.18. The molecule has 19 heavy (non-hydrogen) atoms. The number of hydrogen-bond donors (Lipinski definition) is 0. The maximum Gasteiger partial charge on any atom is 0.122 e. The first-order chi connectivity index (χ1) is 8.95. The van der Waals surface area contributed by atoms with Gasteiger partial charge in [-0.15, -0.1) is 0 Å². The largest absolute Gasteiger partial charge is 0.243 e. The molecule has 0 rings (SSSR count). The van der Waals surface area contributed by atoms with Crippen LogP contribution >= 0.6 is 0 Å². The second kappa shape index (κ2) is 9.50. The summed E-state index contributed by atoms with van der Waals surface area (Å²) in [4.78, 5) is 0. The molecule has 0 N–H and O–H groups in total. The van der Waals surface area contributed by atoms with Gasteiger partial charge in [-0.25, -0.2) is 8.78 Å². The third kappa shape index (κ3) is 5.62. The summed E-state index contributed by atoms with van der Waals surface area (Å²) in [6.07, 6.45) is 7.34. The smallest absolute Gasteiger partial charge is 0.122 e. The summed E-state index contributed by atoms with van der Waals surface area (Å²) < 4.78 is 27.6. The zero-order valence-electron chi connectivity index (χ0n) is 13.5. The lowest BCUT2D eigenvalue weighted by Gasteiger charge is -2.36. The minimum absolute atomic E-state index is 0.279. The first kappa shape index (κ1) is 18.6. The van der Waals surface area contributed by atoms with Crippen LogP contribution in [0.15, 0.2) is 11.4 Å². The molecule has 0 aromatic rings.